The number of aryl methyl sites for hydroxylation is 1. The van der Waals surface area contributed by atoms with Crippen molar-refractivity contribution in [1.29, 1.82) is 0 Å². The van der Waals surface area contributed by atoms with Crippen molar-refractivity contribution in [3.8, 4) is 5.88 Å². The Balaban J connectivity index is 1.26. The number of nitrogens with zero attached hydrogens (tertiary/aromatic N) is 5. The molecule has 7 heteroatoms. The van der Waals surface area contributed by atoms with Gasteiger partial charge in [-0.1, -0.05) is 24.3 Å². The van der Waals surface area contributed by atoms with Crippen LogP contribution in [0.1, 0.15) is 36.1 Å². The first-order valence-corrected chi connectivity index (χ1v) is 10.6. The van der Waals surface area contributed by atoms with E-state index in [0.29, 0.717) is 18.4 Å². The van der Waals surface area contributed by atoms with E-state index in [4.69, 9.17) is 9.73 Å². The first kappa shape index (κ1) is 19.0. The van der Waals surface area contributed by atoms with E-state index in [2.05, 4.69) is 33.1 Å². The van der Waals surface area contributed by atoms with Gasteiger partial charge in [0, 0.05) is 37.0 Å². The van der Waals surface area contributed by atoms with Crippen LogP contribution in [0.2, 0.25) is 0 Å². The number of amides is 1. The average Bonchev–Trinajstić information content (AvgIpc) is 3.31. The molecule has 156 valence electrons. The summed E-state index contributed by atoms with van der Waals surface area (Å²) in [6.07, 6.45) is 2.60. The molecule has 7 nitrogen and oxygen atoms in total. The topological polar surface area (TPSA) is 70.9 Å². The zero-order valence-corrected chi connectivity index (χ0v) is 17.6. The van der Waals surface area contributed by atoms with E-state index >= 15 is 0 Å². The number of methoxy groups -OCH3 is 1. The van der Waals surface area contributed by atoms with Crippen LogP contribution in [0.15, 0.2) is 35.3 Å². The number of fused-ring (bicyclic) bond motifs is 1. The van der Waals surface area contributed by atoms with Gasteiger partial charge in [-0.15, -0.1) is 0 Å². The Morgan fingerprint density at radius 3 is 2.67 bits per heavy atom. The molecule has 2 aromatic rings. The fourth-order valence-corrected chi connectivity index (χ4v) is 4.93. The number of hydrogen-bond donors (Lipinski definition) is 0. The summed E-state index contributed by atoms with van der Waals surface area (Å²) in [7, 11) is 1.62. The molecule has 2 saturated heterocycles. The highest BCUT2D eigenvalue weighted by Gasteiger charge is 2.48. The van der Waals surface area contributed by atoms with Gasteiger partial charge in [0.2, 0.25) is 17.7 Å². The van der Waals surface area contributed by atoms with Gasteiger partial charge in [-0.25, -0.2) is 4.98 Å². The van der Waals surface area contributed by atoms with Crippen LogP contribution in [-0.2, 0) is 11.3 Å². The average molecular weight is 406 g/mol. The van der Waals surface area contributed by atoms with Crippen LogP contribution in [0, 0.1) is 12.3 Å². The minimum atomic E-state index is -0.247. The van der Waals surface area contributed by atoms with Crippen LogP contribution in [0.3, 0.4) is 0 Å². The van der Waals surface area contributed by atoms with Crippen LogP contribution < -0.4 is 9.64 Å². The van der Waals surface area contributed by atoms with Crippen LogP contribution in [-0.4, -0.2) is 59.8 Å². The molecule has 2 fully saturated rings. The van der Waals surface area contributed by atoms with Crippen molar-refractivity contribution in [2.75, 3.05) is 38.2 Å². The van der Waals surface area contributed by atoms with E-state index in [-0.39, 0.29) is 11.3 Å². The highest BCUT2D eigenvalue weighted by molar-refractivity contribution is 6.06. The summed E-state index contributed by atoms with van der Waals surface area (Å²) < 4.78 is 5.29. The van der Waals surface area contributed by atoms with Crippen molar-refractivity contribution in [3.63, 3.8) is 0 Å². The molecule has 0 unspecified atom stereocenters. The summed E-state index contributed by atoms with van der Waals surface area (Å²) in [5, 5.41) is 0. The van der Waals surface area contributed by atoms with Gasteiger partial charge < -0.3 is 14.5 Å². The number of benzene rings is 1. The molecule has 1 spiro atoms. The lowest BCUT2D eigenvalue weighted by Crippen LogP contribution is -2.46. The number of hydrogen-bond acceptors (Lipinski definition) is 6. The molecule has 1 aromatic heterocycles. The smallest absolute Gasteiger partial charge is 0.229 e. The molecule has 0 aliphatic carbocycles. The maximum atomic E-state index is 13.4. The molecular formula is C23H27N5O2. The molecule has 0 N–H and O–H groups in total. The summed E-state index contributed by atoms with van der Waals surface area (Å²) in [6, 6.07) is 10.2. The van der Waals surface area contributed by atoms with Gasteiger partial charge in [0.1, 0.15) is 0 Å². The van der Waals surface area contributed by atoms with Crippen molar-refractivity contribution >= 4 is 17.6 Å². The van der Waals surface area contributed by atoms with E-state index in [1.807, 2.05) is 24.0 Å². The zero-order chi connectivity index (χ0) is 20.7. The number of likely N-dealkylation sites (tertiary alicyclic amines) is 1. The Morgan fingerprint density at radius 2 is 1.87 bits per heavy atom. The number of aromatic nitrogens is 2. The Bertz CT molecular complexity index is 1010. The second-order valence-electron chi connectivity index (χ2n) is 8.52. The molecule has 5 rings (SSSR count). The van der Waals surface area contributed by atoms with Crippen molar-refractivity contribution in [3.05, 3.63) is 47.2 Å². The monoisotopic (exact) mass is 405 g/mol. The number of carbonyl (C=O) groups excluding carboxylic acids is 1. The van der Waals surface area contributed by atoms with Crippen LogP contribution >= 0.6 is 0 Å². The van der Waals surface area contributed by atoms with Gasteiger partial charge >= 0.3 is 0 Å². The molecule has 0 bridgehead atoms. The quantitative estimate of drug-likeness (QED) is 0.782. The molecule has 1 amide bonds. The molecule has 3 aliphatic heterocycles. The van der Waals surface area contributed by atoms with Gasteiger partial charge in [-0.3, -0.25) is 9.79 Å². The molecule has 0 radical (unpaired) electrons. The maximum Gasteiger partial charge on any atom is 0.229 e. The van der Waals surface area contributed by atoms with Gasteiger partial charge in [0.05, 0.1) is 31.3 Å². The Hall–Kier alpha value is -2.96. The predicted molar refractivity (Wildman–Crippen MR) is 115 cm³/mol. The number of anilines is 1. The normalized spacial score (nSPS) is 19.9. The van der Waals surface area contributed by atoms with Crippen LogP contribution in [0.5, 0.6) is 5.88 Å². The lowest BCUT2D eigenvalue weighted by atomic mass is 9.77. The van der Waals surface area contributed by atoms with E-state index in [0.717, 1.165) is 56.8 Å². The van der Waals surface area contributed by atoms with E-state index in [1.54, 1.807) is 7.11 Å². The van der Waals surface area contributed by atoms with Crippen LogP contribution in [0.4, 0.5) is 5.95 Å². The van der Waals surface area contributed by atoms with E-state index < -0.39 is 0 Å². The fraction of sp³-hybridized carbons (Fsp3) is 0.478. The second-order valence-corrected chi connectivity index (χ2v) is 8.52. The van der Waals surface area contributed by atoms with Crippen molar-refractivity contribution < 1.29 is 9.53 Å². The highest BCUT2D eigenvalue weighted by atomic mass is 16.5. The summed E-state index contributed by atoms with van der Waals surface area (Å²) in [5.74, 6) is 1.57. The van der Waals surface area contributed by atoms with Crippen molar-refractivity contribution in [2.45, 2.75) is 32.7 Å². The first-order chi connectivity index (χ1) is 14.6. The standard InChI is InChI=1S/C23H27N5O2/c1-16-13-20(30-2)26-22(25-16)27-10-7-23(8-11-27)9-12-28(21(23)29)15-19-18-6-4-3-5-17(18)14-24-19/h3-6,13H,7-12,14-15H2,1-2H3. The van der Waals surface area contributed by atoms with Gasteiger partial charge in [-0.05, 0) is 31.7 Å². The first-order valence-electron chi connectivity index (χ1n) is 10.6. The number of ether oxygens (including phenoxy) is 1. The maximum absolute atomic E-state index is 13.4. The Morgan fingerprint density at radius 1 is 1.10 bits per heavy atom. The number of carbonyl (C=O) groups is 1. The van der Waals surface area contributed by atoms with Gasteiger partial charge in [0.15, 0.2) is 0 Å². The molecular weight excluding hydrogens is 378 g/mol. The minimum Gasteiger partial charge on any atom is -0.481 e. The minimum absolute atomic E-state index is 0.247. The predicted octanol–water partition coefficient (Wildman–Crippen LogP) is 2.62. The van der Waals surface area contributed by atoms with Gasteiger partial charge in [-0.2, -0.15) is 4.98 Å². The second kappa shape index (κ2) is 7.38. The SMILES string of the molecule is COc1cc(C)nc(N2CCC3(CCN(CC4=NCc5ccccc54)C3=O)CC2)n1. The number of piperidine rings is 1. The third-order valence-electron chi connectivity index (χ3n) is 6.74. The van der Waals surface area contributed by atoms with Crippen LogP contribution in [0.25, 0.3) is 0 Å². The van der Waals surface area contributed by atoms with E-state index in [9.17, 15) is 4.79 Å². The Kier molecular flexibility index (Phi) is 4.68. The lowest BCUT2D eigenvalue weighted by molar-refractivity contribution is -0.136. The van der Waals surface area contributed by atoms with Crippen molar-refractivity contribution in [1.82, 2.24) is 14.9 Å². The summed E-state index contributed by atoms with van der Waals surface area (Å²) in [5.41, 5.74) is 4.15. The highest BCUT2D eigenvalue weighted by Crippen LogP contribution is 2.42. The molecule has 0 atom stereocenters. The number of rotatable bonds is 4. The molecule has 3 aliphatic rings. The number of aliphatic imine (C=N–C) groups is 1. The van der Waals surface area contributed by atoms with Gasteiger partial charge in [0.25, 0.3) is 0 Å². The molecule has 0 saturated carbocycles. The summed E-state index contributed by atoms with van der Waals surface area (Å²) in [6.45, 7) is 5.69. The fourth-order valence-electron chi connectivity index (χ4n) is 4.93. The third-order valence-corrected chi connectivity index (χ3v) is 6.74. The third kappa shape index (κ3) is 3.22. The molecule has 1 aromatic carbocycles. The Labute approximate surface area is 176 Å². The zero-order valence-electron chi connectivity index (χ0n) is 17.6. The van der Waals surface area contributed by atoms with E-state index in [1.165, 1.54) is 11.1 Å². The lowest BCUT2D eigenvalue weighted by Gasteiger charge is -2.38. The summed E-state index contributed by atoms with van der Waals surface area (Å²) in [4.78, 5) is 31.3. The van der Waals surface area contributed by atoms with Crippen molar-refractivity contribution in [2.24, 2.45) is 10.4 Å². The molecule has 4 heterocycles. The largest absolute Gasteiger partial charge is 0.481 e. The molecule has 30 heavy (non-hydrogen) atoms. The summed E-state index contributed by atoms with van der Waals surface area (Å²) >= 11 is 0.